The van der Waals surface area contributed by atoms with E-state index in [0.717, 1.165) is 51.7 Å². The van der Waals surface area contributed by atoms with Crippen molar-refractivity contribution < 1.29 is 9.47 Å². The summed E-state index contributed by atoms with van der Waals surface area (Å²) in [7, 11) is 5.40. The lowest BCUT2D eigenvalue weighted by Crippen LogP contribution is -2.18. The molecule has 1 saturated carbocycles. The summed E-state index contributed by atoms with van der Waals surface area (Å²) in [6.45, 7) is 1.29. The average Bonchev–Trinajstić information content (AvgIpc) is 3.57. The first-order valence-electron chi connectivity index (χ1n) is 10.8. The second-order valence-electron chi connectivity index (χ2n) is 8.05. The fraction of sp³-hybridized carbons (Fsp3) is 0.455. The Morgan fingerprint density at radius 2 is 2.12 bits per heavy atom. The maximum atomic E-state index is 5.56. The van der Waals surface area contributed by atoms with E-state index in [0.29, 0.717) is 31.1 Å². The van der Waals surface area contributed by atoms with Crippen LogP contribution in [-0.2, 0) is 23.1 Å². The number of anilines is 1. The molecule has 1 aliphatic rings. The number of aryl methyl sites for hydroxylation is 1. The van der Waals surface area contributed by atoms with Crippen LogP contribution >= 0.6 is 11.3 Å². The molecule has 0 amide bonds. The molecular formula is C22H27N7O2S. The highest BCUT2D eigenvalue weighted by molar-refractivity contribution is 7.21. The van der Waals surface area contributed by atoms with Gasteiger partial charge in [0.1, 0.15) is 16.3 Å². The van der Waals surface area contributed by atoms with Gasteiger partial charge in [-0.05, 0) is 31.4 Å². The lowest BCUT2D eigenvalue weighted by molar-refractivity contribution is 0.108. The van der Waals surface area contributed by atoms with E-state index in [2.05, 4.69) is 21.5 Å². The van der Waals surface area contributed by atoms with Crippen LogP contribution in [0.4, 0.5) is 5.82 Å². The molecule has 4 aromatic heterocycles. The molecule has 1 fully saturated rings. The van der Waals surface area contributed by atoms with Crippen LogP contribution in [0.2, 0.25) is 0 Å². The molecule has 0 bridgehead atoms. The van der Waals surface area contributed by atoms with E-state index in [1.54, 1.807) is 31.8 Å². The van der Waals surface area contributed by atoms with Gasteiger partial charge in [-0.3, -0.25) is 4.68 Å². The molecule has 9 nitrogen and oxygen atoms in total. The van der Waals surface area contributed by atoms with Crippen molar-refractivity contribution in [1.82, 2.24) is 29.3 Å². The van der Waals surface area contributed by atoms with Crippen LogP contribution in [0.25, 0.3) is 32.4 Å². The zero-order valence-corrected chi connectivity index (χ0v) is 19.3. The zero-order valence-electron chi connectivity index (χ0n) is 18.5. The first-order chi connectivity index (χ1) is 15.6. The first-order valence-corrected chi connectivity index (χ1v) is 11.6. The number of hydrogen-bond acceptors (Lipinski definition) is 8. The molecule has 1 aliphatic carbocycles. The molecule has 0 aromatic carbocycles. The number of aromatic nitrogens is 6. The van der Waals surface area contributed by atoms with E-state index in [9.17, 15) is 0 Å². The predicted octanol–water partition coefficient (Wildman–Crippen LogP) is 3.58. The van der Waals surface area contributed by atoms with Gasteiger partial charge < -0.3 is 19.4 Å². The van der Waals surface area contributed by atoms with E-state index in [1.807, 2.05) is 34.8 Å². The van der Waals surface area contributed by atoms with E-state index in [1.165, 1.54) is 0 Å². The zero-order chi connectivity index (χ0) is 22.1. The van der Waals surface area contributed by atoms with Crippen molar-refractivity contribution in [2.24, 2.45) is 7.05 Å². The highest BCUT2D eigenvalue weighted by Gasteiger charge is 2.26. The Hall–Kier alpha value is -2.82. The molecule has 1 N–H and O–H groups in total. The minimum absolute atomic E-state index is 0.295. The second kappa shape index (κ2) is 8.97. The molecule has 10 heteroatoms. The number of ether oxygens (including phenoxy) is 2. The van der Waals surface area contributed by atoms with Crippen LogP contribution in [0, 0.1) is 0 Å². The summed E-state index contributed by atoms with van der Waals surface area (Å²) in [5.74, 6) is 2.18. The maximum absolute atomic E-state index is 5.56. The number of methoxy groups -OCH3 is 2. The van der Waals surface area contributed by atoms with E-state index in [-0.39, 0.29) is 0 Å². The van der Waals surface area contributed by atoms with Crippen LogP contribution < -0.4 is 5.32 Å². The Bertz CT molecular complexity index is 1210. The Labute approximate surface area is 190 Å². The summed E-state index contributed by atoms with van der Waals surface area (Å²) in [5, 5.41) is 9.24. The summed E-state index contributed by atoms with van der Waals surface area (Å²) in [5.41, 5.74) is 0.935. The quantitative estimate of drug-likeness (QED) is 0.436. The largest absolute Gasteiger partial charge is 0.383 e. The van der Waals surface area contributed by atoms with E-state index < -0.39 is 0 Å². The fourth-order valence-corrected chi connectivity index (χ4v) is 5.16. The summed E-state index contributed by atoms with van der Waals surface area (Å²) in [4.78, 5) is 16.3. The van der Waals surface area contributed by atoms with Crippen LogP contribution in [0.5, 0.6) is 0 Å². The summed E-state index contributed by atoms with van der Waals surface area (Å²) < 4.78 is 14.6. The predicted molar refractivity (Wildman–Crippen MR) is 125 cm³/mol. The van der Waals surface area contributed by atoms with Crippen LogP contribution in [0.1, 0.15) is 19.3 Å². The normalized spacial score (nSPS) is 18.6. The van der Waals surface area contributed by atoms with Gasteiger partial charge in [0.25, 0.3) is 0 Å². The summed E-state index contributed by atoms with van der Waals surface area (Å²) >= 11 is 1.62. The van der Waals surface area contributed by atoms with Crippen LogP contribution in [-0.4, -0.2) is 62.3 Å². The number of nitrogens with one attached hydrogen (secondary N) is 1. The van der Waals surface area contributed by atoms with Gasteiger partial charge in [-0.25, -0.2) is 15.0 Å². The lowest BCUT2D eigenvalue weighted by Gasteiger charge is -2.15. The first kappa shape index (κ1) is 21.0. The number of imidazole rings is 1. The molecule has 2 atom stereocenters. The molecule has 0 saturated heterocycles. The smallest absolute Gasteiger partial charge is 0.199 e. The fourth-order valence-electron chi connectivity index (χ4n) is 4.17. The molecule has 4 aromatic rings. The third kappa shape index (κ3) is 4.13. The number of rotatable bonds is 8. The molecule has 0 radical (unpaired) electrons. The molecule has 0 unspecified atom stereocenters. The third-order valence-corrected chi connectivity index (χ3v) is 6.92. The highest BCUT2D eigenvalue weighted by atomic mass is 32.1. The monoisotopic (exact) mass is 453 g/mol. The number of thiophene rings is 1. The molecule has 4 heterocycles. The molecule has 0 spiro atoms. The lowest BCUT2D eigenvalue weighted by atomic mass is 10.2. The minimum Gasteiger partial charge on any atom is -0.383 e. The highest BCUT2D eigenvalue weighted by Crippen LogP contribution is 2.37. The maximum Gasteiger partial charge on any atom is 0.199 e. The van der Waals surface area contributed by atoms with Crippen molar-refractivity contribution in [2.45, 2.75) is 38.0 Å². The van der Waals surface area contributed by atoms with Crippen molar-refractivity contribution >= 4 is 27.4 Å². The summed E-state index contributed by atoms with van der Waals surface area (Å²) in [6.07, 6.45) is 9.04. The van der Waals surface area contributed by atoms with Gasteiger partial charge in [-0.1, -0.05) is 0 Å². The molecule has 5 rings (SSSR count). The van der Waals surface area contributed by atoms with Crippen molar-refractivity contribution in [3.63, 3.8) is 0 Å². The van der Waals surface area contributed by atoms with Gasteiger partial charge in [0.05, 0.1) is 23.0 Å². The number of hydrogen-bond donors (Lipinski definition) is 1. The van der Waals surface area contributed by atoms with Gasteiger partial charge >= 0.3 is 0 Å². The molecule has 32 heavy (non-hydrogen) atoms. The Kier molecular flexibility index (Phi) is 5.90. The van der Waals surface area contributed by atoms with Gasteiger partial charge in [0.15, 0.2) is 11.6 Å². The topological polar surface area (TPSA) is 91.9 Å². The number of fused-ring (bicyclic) bond motifs is 1. The van der Waals surface area contributed by atoms with Crippen molar-refractivity contribution in [3.05, 3.63) is 30.7 Å². The van der Waals surface area contributed by atoms with E-state index >= 15 is 0 Å². The molecule has 0 aliphatic heterocycles. The Morgan fingerprint density at radius 3 is 2.88 bits per heavy atom. The van der Waals surface area contributed by atoms with Gasteiger partial charge in [0.2, 0.25) is 0 Å². The van der Waals surface area contributed by atoms with E-state index in [4.69, 9.17) is 19.4 Å². The van der Waals surface area contributed by atoms with Crippen molar-refractivity contribution in [1.29, 1.82) is 0 Å². The minimum atomic E-state index is 0.295. The van der Waals surface area contributed by atoms with Gasteiger partial charge in [-0.2, -0.15) is 5.10 Å². The third-order valence-electron chi connectivity index (χ3n) is 5.87. The van der Waals surface area contributed by atoms with Gasteiger partial charge in [-0.15, -0.1) is 11.3 Å². The second-order valence-corrected chi connectivity index (χ2v) is 9.08. The molecule has 168 valence electrons. The number of nitrogens with zero attached hydrogens (tertiary/aromatic N) is 6. The Morgan fingerprint density at radius 1 is 1.22 bits per heavy atom. The van der Waals surface area contributed by atoms with Crippen molar-refractivity contribution in [3.8, 4) is 22.2 Å². The molecular weight excluding hydrogens is 426 g/mol. The SMILES string of the molecule is COCCn1ccnc1-c1nc(N[C@@H]2CC[C@H](OC)C2)c2cc(-c3ccn(C)n3)sc2n1. The van der Waals surface area contributed by atoms with Crippen LogP contribution in [0.3, 0.4) is 0 Å². The van der Waals surface area contributed by atoms with Gasteiger partial charge in [0, 0.05) is 52.4 Å². The Balaban J connectivity index is 1.57. The summed E-state index contributed by atoms with van der Waals surface area (Å²) in [6, 6.07) is 4.47. The standard InChI is InChI=1S/C22H27N7O2S/c1-28-8-6-17(27-28)18-13-16-19(24-14-4-5-15(12-14)31-3)25-20(26-22(16)32-18)21-23-7-9-29(21)10-11-30-2/h6-9,13-15H,4-5,10-12H2,1-3H3,(H,24,25,26)/t14-,15+/m1/s1. The average molecular weight is 454 g/mol. The van der Waals surface area contributed by atoms with Crippen molar-refractivity contribution in [2.75, 3.05) is 26.1 Å². The van der Waals surface area contributed by atoms with Crippen LogP contribution in [0.15, 0.2) is 30.7 Å².